The van der Waals surface area contributed by atoms with E-state index in [-0.39, 0.29) is 53.2 Å². The molecule has 5 nitrogen and oxygen atoms in total. The Balaban J connectivity index is 0.000000401. The summed E-state index contributed by atoms with van der Waals surface area (Å²) >= 11 is 33.2. The Labute approximate surface area is 250 Å². The number of benzene rings is 3. The van der Waals surface area contributed by atoms with E-state index in [9.17, 15) is 5.11 Å². The molecule has 1 radical (unpaired) electrons. The van der Waals surface area contributed by atoms with Crippen molar-refractivity contribution in [3.8, 4) is 17.2 Å². The molecule has 3 rings (SSSR count). The van der Waals surface area contributed by atoms with Crippen LogP contribution in [0.3, 0.4) is 0 Å². The summed E-state index contributed by atoms with van der Waals surface area (Å²) in [7, 11) is 0. The second-order valence-corrected chi connectivity index (χ2v) is 8.71. The van der Waals surface area contributed by atoms with E-state index in [2.05, 4.69) is 10.6 Å². The van der Waals surface area contributed by atoms with Gasteiger partial charge in [0.2, 0.25) is 0 Å². The molecule has 0 fully saturated rings. The number of ether oxygens (including phenoxy) is 2. The van der Waals surface area contributed by atoms with Gasteiger partial charge in [-0.15, -0.1) is 0 Å². The van der Waals surface area contributed by atoms with E-state index in [1.165, 1.54) is 0 Å². The minimum atomic E-state index is -0.363. The molecule has 3 aromatic rings. The quantitative estimate of drug-likeness (QED) is 0.133. The molecule has 0 saturated heterocycles. The maximum Gasteiger partial charge on any atom is 0.175 e. The van der Waals surface area contributed by atoms with Gasteiger partial charge in [-0.3, -0.25) is 0 Å². The van der Waals surface area contributed by atoms with Crippen LogP contribution < -0.4 is 20.1 Å². The third-order valence-corrected chi connectivity index (χ3v) is 6.49. The van der Waals surface area contributed by atoms with Crippen LogP contribution in [-0.4, -0.2) is 23.4 Å². The van der Waals surface area contributed by atoms with Gasteiger partial charge in [0.1, 0.15) is 21.5 Å². The van der Waals surface area contributed by atoms with Crippen molar-refractivity contribution < 1.29 is 37.0 Å². The minimum Gasteiger partial charge on any atom is -0.505 e. The fourth-order valence-corrected chi connectivity index (χ4v) is 3.85. The van der Waals surface area contributed by atoms with Crippen LogP contribution in [0.4, 0.5) is 11.4 Å². The number of nitrogens with one attached hydrogen (secondary N) is 2. The summed E-state index contributed by atoms with van der Waals surface area (Å²) in [4.78, 5) is 0. The molecule has 0 aromatic heterocycles. The van der Waals surface area contributed by atoms with Crippen molar-refractivity contribution in [3.63, 3.8) is 0 Å². The number of rotatable bonds is 6. The van der Waals surface area contributed by atoms with E-state index in [4.69, 9.17) is 79.7 Å². The monoisotopic (exact) mass is 761 g/mol. The number of halogens is 5. The van der Waals surface area contributed by atoms with Crippen LogP contribution in [0.15, 0.2) is 48.5 Å². The van der Waals surface area contributed by atoms with Crippen LogP contribution in [0.25, 0.3) is 0 Å². The summed E-state index contributed by atoms with van der Waals surface area (Å²) in [6.45, 7) is 5.24. The van der Waals surface area contributed by atoms with Gasteiger partial charge in [0.25, 0.3) is 0 Å². The third kappa shape index (κ3) is 9.73. The van der Waals surface area contributed by atoms with Crippen molar-refractivity contribution >= 4 is 86.7 Å². The smallest absolute Gasteiger partial charge is 0.175 e. The average Bonchev–Trinajstić information content (AvgIpc) is 2.83. The largest absolute Gasteiger partial charge is 0.505 e. The second kappa shape index (κ2) is 15.9. The SMILES string of the molecule is CCOc1ccc(NC(=S)Nc2ccc(OCC)cc2)cc1.Oc1c(Cl)c(Cl)c(Cl)c(Cl)c1Cl.[Ta]. The number of aromatic hydroxyl groups is 1. The fraction of sp³-hybridized carbons (Fsp3) is 0.174. The molecule has 3 N–H and O–H groups in total. The van der Waals surface area contributed by atoms with E-state index >= 15 is 0 Å². The summed E-state index contributed by atoms with van der Waals surface area (Å²) in [5, 5.41) is 15.8. The molecule has 187 valence electrons. The molecular formula is C23H21Cl5N2O3STa. The molecule has 0 amide bonds. The van der Waals surface area contributed by atoms with Crippen LogP contribution in [0, 0.1) is 0 Å². The third-order valence-electron chi connectivity index (χ3n) is 4.03. The summed E-state index contributed by atoms with van der Waals surface area (Å²) in [6.07, 6.45) is 0. The van der Waals surface area contributed by atoms with E-state index in [0.717, 1.165) is 22.9 Å². The van der Waals surface area contributed by atoms with Crippen LogP contribution in [0.1, 0.15) is 13.8 Å². The first-order valence-corrected chi connectivity index (χ1v) is 12.2. The first kappa shape index (κ1) is 32.0. The van der Waals surface area contributed by atoms with Crippen LogP contribution in [-0.2, 0) is 22.4 Å². The molecule has 0 aliphatic rings. The number of phenolic OH excluding ortho intramolecular Hbond substituents is 1. The van der Waals surface area contributed by atoms with Crippen molar-refractivity contribution in [2.24, 2.45) is 0 Å². The molecule has 3 aromatic carbocycles. The molecule has 0 spiro atoms. The van der Waals surface area contributed by atoms with E-state index in [1.807, 2.05) is 62.4 Å². The maximum absolute atomic E-state index is 9.20. The molecule has 35 heavy (non-hydrogen) atoms. The van der Waals surface area contributed by atoms with Gasteiger partial charge >= 0.3 is 0 Å². The van der Waals surface area contributed by atoms with Gasteiger partial charge < -0.3 is 25.2 Å². The Morgan fingerprint density at radius 3 is 1.31 bits per heavy atom. The number of thiocarbonyl (C=S) groups is 1. The van der Waals surface area contributed by atoms with Gasteiger partial charge in [-0.25, -0.2) is 0 Å². The van der Waals surface area contributed by atoms with E-state index in [1.54, 1.807) is 0 Å². The molecule has 0 saturated carbocycles. The summed E-state index contributed by atoms with van der Waals surface area (Å²) in [5.74, 6) is 1.33. The van der Waals surface area contributed by atoms with Crippen molar-refractivity contribution in [2.75, 3.05) is 23.8 Å². The number of anilines is 2. The minimum absolute atomic E-state index is 0. The van der Waals surface area contributed by atoms with E-state index in [0.29, 0.717) is 18.3 Å². The van der Waals surface area contributed by atoms with Crippen LogP contribution >= 0.6 is 70.2 Å². The van der Waals surface area contributed by atoms with Crippen LogP contribution in [0.2, 0.25) is 25.1 Å². The van der Waals surface area contributed by atoms with Gasteiger partial charge in [0.05, 0.1) is 28.3 Å². The Kier molecular flexibility index (Phi) is 14.5. The molecular weight excluding hydrogens is 743 g/mol. The zero-order valence-electron chi connectivity index (χ0n) is 18.5. The summed E-state index contributed by atoms with van der Waals surface area (Å²) in [5.41, 5.74) is 1.82. The normalized spacial score (nSPS) is 9.80. The van der Waals surface area contributed by atoms with Gasteiger partial charge in [-0.05, 0) is 74.6 Å². The van der Waals surface area contributed by atoms with Crippen molar-refractivity contribution in [1.82, 2.24) is 0 Å². The molecule has 0 aliphatic carbocycles. The first-order chi connectivity index (χ1) is 16.2. The Hall–Kier alpha value is -1.06. The fourth-order valence-electron chi connectivity index (χ4n) is 2.49. The average molecular weight is 764 g/mol. The molecule has 0 bridgehead atoms. The number of phenols is 1. The Bertz CT molecular complexity index is 961. The molecule has 0 aliphatic heterocycles. The van der Waals surface area contributed by atoms with Gasteiger partial charge in [0, 0.05) is 33.8 Å². The standard InChI is InChI=1S/C17H20N2O2S.C6HCl5O.Ta/c1-3-20-15-9-5-13(6-10-15)18-17(22)19-14-7-11-16(12-8-14)21-4-2;7-1-2(8)4(10)6(12)5(11)3(1)9;/h5-12H,3-4H2,1-2H3,(H2,18,19,22);12H;. The predicted octanol–water partition coefficient (Wildman–Crippen LogP) is 8.95. The van der Waals surface area contributed by atoms with Gasteiger partial charge in [0.15, 0.2) is 10.9 Å². The number of hydrogen-bond donors (Lipinski definition) is 3. The van der Waals surface area contributed by atoms with E-state index < -0.39 is 0 Å². The molecule has 0 unspecified atom stereocenters. The topological polar surface area (TPSA) is 62.8 Å². The summed E-state index contributed by atoms with van der Waals surface area (Å²) in [6, 6.07) is 15.3. The number of hydrogen-bond acceptors (Lipinski definition) is 4. The molecule has 0 atom stereocenters. The van der Waals surface area contributed by atoms with Crippen LogP contribution in [0.5, 0.6) is 17.2 Å². The van der Waals surface area contributed by atoms with Crippen molar-refractivity contribution in [2.45, 2.75) is 13.8 Å². The van der Waals surface area contributed by atoms with Gasteiger partial charge in [-0.1, -0.05) is 58.0 Å². The first-order valence-electron chi connectivity index (χ1n) is 9.92. The van der Waals surface area contributed by atoms with Crippen molar-refractivity contribution in [1.29, 1.82) is 0 Å². The summed E-state index contributed by atoms with van der Waals surface area (Å²) < 4.78 is 10.8. The maximum atomic E-state index is 9.20. The van der Waals surface area contributed by atoms with Crippen molar-refractivity contribution in [3.05, 3.63) is 73.6 Å². The van der Waals surface area contributed by atoms with Gasteiger partial charge in [-0.2, -0.15) is 0 Å². The zero-order valence-corrected chi connectivity index (χ0v) is 26.4. The molecule has 0 heterocycles. The predicted molar refractivity (Wildman–Crippen MR) is 148 cm³/mol. The Morgan fingerprint density at radius 2 is 1.00 bits per heavy atom. The Morgan fingerprint density at radius 1 is 0.686 bits per heavy atom. The zero-order chi connectivity index (χ0) is 25.3. The second-order valence-electron chi connectivity index (χ2n) is 6.41. The molecule has 12 heteroatoms.